The van der Waals surface area contributed by atoms with E-state index in [1.165, 1.54) is 6.33 Å². The molecule has 0 aliphatic carbocycles. The van der Waals surface area contributed by atoms with Crippen LogP contribution >= 0.6 is 23.2 Å². The molecule has 1 aliphatic rings. The summed E-state index contributed by atoms with van der Waals surface area (Å²) >= 11 is 12.8. The van der Waals surface area contributed by atoms with Crippen LogP contribution in [0.4, 0.5) is 0 Å². The molecule has 1 aliphatic heterocycles. The fourth-order valence-corrected chi connectivity index (χ4v) is 4.19. The number of carbonyl (C=O) groups is 3. The Bertz CT molecular complexity index is 963. The van der Waals surface area contributed by atoms with Crippen molar-refractivity contribution in [2.75, 3.05) is 0 Å². The van der Waals surface area contributed by atoms with Crippen LogP contribution in [0, 0.1) is 0 Å². The normalized spacial score (nSPS) is 17.2. The highest BCUT2D eigenvalue weighted by Gasteiger charge is 2.34. The molecule has 1 unspecified atom stereocenters. The first kappa shape index (κ1) is 21.3. The number of halogens is 2. The van der Waals surface area contributed by atoms with Crippen LogP contribution in [-0.4, -0.2) is 32.5 Å². The van der Waals surface area contributed by atoms with Crippen molar-refractivity contribution >= 4 is 40.9 Å². The average molecular weight is 438 g/mol. The quantitative estimate of drug-likeness (QED) is 0.697. The van der Waals surface area contributed by atoms with Crippen molar-refractivity contribution in [1.82, 2.24) is 25.4 Å². The summed E-state index contributed by atoms with van der Waals surface area (Å²) in [5.74, 6) is -0.972. The van der Waals surface area contributed by atoms with Crippen LogP contribution in [-0.2, 0) is 33.4 Å². The number of amides is 3. The summed E-state index contributed by atoms with van der Waals surface area (Å²) in [7, 11) is 1.78. The van der Waals surface area contributed by atoms with Gasteiger partial charge in [-0.25, -0.2) is 0 Å². The molecule has 1 aromatic heterocycles. The Morgan fingerprint density at radius 2 is 1.97 bits per heavy atom. The monoisotopic (exact) mass is 437 g/mol. The summed E-state index contributed by atoms with van der Waals surface area (Å²) in [5, 5.41) is 13.7. The molecule has 1 atom stereocenters. The molecule has 0 saturated carbocycles. The van der Waals surface area contributed by atoms with Gasteiger partial charge in [0.15, 0.2) is 0 Å². The summed E-state index contributed by atoms with van der Waals surface area (Å²) in [6.07, 6.45) is 2.13. The van der Waals surface area contributed by atoms with Gasteiger partial charge in [-0.15, -0.1) is 10.2 Å². The Hall–Kier alpha value is -2.45. The third kappa shape index (κ3) is 4.28. The Morgan fingerprint density at radius 1 is 1.31 bits per heavy atom. The first-order valence-electron chi connectivity index (χ1n) is 9.05. The molecule has 154 valence electrons. The van der Waals surface area contributed by atoms with Crippen LogP contribution in [0.5, 0.6) is 0 Å². The molecule has 3 amide bonds. The van der Waals surface area contributed by atoms with Gasteiger partial charge in [-0.3, -0.25) is 19.7 Å². The fraction of sp³-hybridized carbons (Fsp3) is 0.421. The Kier molecular flexibility index (Phi) is 5.95. The summed E-state index contributed by atoms with van der Waals surface area (Å²) in [5.41, 5.74) is 0.303. The molecule has 2 N–H and O–H groups in total. The number of hydrogen-bond acceptors (Lipinski definition) is 5. The number of benzene rings is 1. The molecule has 0 spiro atoms. The lowest BCUT2D eigenvalue weighted by molar-refractivity contribution is -0.134. The second kappa shape index (κ2) is 8.12. The van der Waals surface area contributed by atoms with E-state index in [2.05, 4.69) is 20.8 Å². The number of nitrogens with one attached hydrogen (secondary N) is 2. The molecule has 3 rings (SSSR count). The summed E-state index contributed by atoms with van der Waals surface area (Å²) in [6.45, 7) is 3.73. The van der Waals surface area contributed by atoms with E-state index in [1.54, 1.807) is 37.6 Å². The van der Waals surface area contributed by atoms with Crippen LogP contribution in [0.3, 0.4) is 0 Å². The van der Waals surface area contributed by atoms with E-state index < -0.39 is 17.2 Å². The van der Waals surface area contributed by atoms with Crippen molar-refractivity contribution in [2.45, 2.75) is 44.6 Å². The number of aromatic nitrogens is 3. The molecule has 0 radical (unpaired) electrons. The first-order chi connectivity index (χ1) is 13.6. The Morgan fingerprint density at radius 3 is 2.52 bits per heavy atom. The minimum Gasteiger partial charge on any atom is -0.351 e. The van der Waals surface area contributed by atoms with E-state index in [0.29, 0.717) is 33.4 Å². The molecule has 1 saturated heterocycles. The van der Waals surface area contributed by atoms with Gasteiger partial charge in [-0.1, -0.05) is 23.2 Å². The molecule has 10 heteroatoms. The van der Waals surface area contributed by atoms with E-state index in [9.17, 15) is 14.4 Å². The maximum Gasteiger partial charge on any atom is 0.234 e. The number of hydrogen-bond donors (Lipinski definition) is 2. The van der Waals surface area contributed by atoms with E-state index in [-0.39, 0.29) is 24.8 Å². The summed E-state index contributed by atoms with van der Waals surface area (Å²) < 4.78 is 1.70. The fourth-order valence-electron chi connectivity index (χ4n) is 3.39. The van der Waals surface area contributed by atoms with Gasteiger partial charge in [0.1, 0.15) is 17.6 Å². The molecule has 2 aromatic rings. The number of carbonyl (C=O) groups excluding carboxylic acids is 3. The zero-order chi connectivity index (χ0) is 21.3. The van der Waals surface area contributed by atoms with Gasteiger partial charge in [0, 0.05) is 35.6 Å². The van der Waals surface area contributed by atoms with Gasteiger partial charge in [0.2, 0.25) is 17.7 Å². The van der Waals surface area contributed by atoms with Gasteiger partial charge in [0.05, 0.1) is 5.92 Å². The molecule has 1 fully saturated rings. The van der Waals surface area contributed by atoms with Crippen molar-refractivity contribution in [2.24, 2.45) is 7.05 Å². The second-order valence-electron chi connectivity index (χ2n) is 7.55. The van der Waals surface area contributed by atoms with Crippen LogP contribution in [0.15, 0.2) is 18.5 Å². The zero-order valence-electron chi connectivity index (χ0n) is 16.3. The van der Waals surface area contributed by atoms with E-state index in [4.69, 9.17) is 23.2 Å². The van der Waals surface area contributed by atoms with E-state index >= 15 is 0 Å². The predicted molar refractivity (Wildman–Crippen MR) is 107 cm³/mol. The maximum atomic E-state index is 12.7. The topological polar surface area (TPSA) is 106 Å². The average Bonchev–Trinajstić information content (AvgIpc) is 3.07. The Labute approximate surface area is 178 Å². The van der Waals surface area contributed by atoms with E-state index in [0.717, 1.165) is 0 Å². The summed E-state index contributed by atoms with van der Waals surface area (Å²) in [6, 6.07) is 3.34. The minimum atomic E-state index is -0.883. The van der Waals surface area contributed by atoms with Gasteiger partial charge in [0.25, 0.3) is 0 Å². The largest absolute Gasteiger partial charge is 0.351 e. The van der Waals surface area contributed by atoms with Crippen molar-refractivity contribution in [3.63, 3.8) is 0 Å². The molecule has 29 heavy (non-hydrogen) atoms. The smallest absolute Gasteiger partial charge is 0.234 e. The van der Waals surface area contributed by atoms with Crippen molar-refractivity contribution in [3.05, 3.63) is 45.5 Å². The van der Waals surface area contributed by atoms with Crippen LogP contribution in [0.2, 0.25) is 10.0 Å². The molecular weight excluding hydrogens is 417 g/mol. The lowest BCUT2D eigenvalue weighted by Gasteiger charge is -2.24. The SMILES string of the molecule is Cn1cnnc1C(C)(C)C(=O)NCc1cc(Cl)c(C2CCC(=O)NC2=O)c(Cl)c1. The second-order valence-corrected chi connectivity index (χ2v) is 8.36. The predicted octanol–water partition coefficient (Wildman–Crippen LogP) is 2.24. The maximum absolute atomic E-state index is 12.7. The van der Waals surface area contributed by atoms with Crippen molar-refractivity contribution in [1.29, 1.82) is 0 Å². The minimum absolute atomic E-state index is 0.204. The number of nitrogens with zero attached hydrogens (tertiary/aromatic N) is 3. The number of piperidine rings is 1. The van der Waals surface area contributed by atoms with Crippen LogP contribution in [0.1, 0.15) is 49.6 Å². The van der Waals surface area contributed by atoms with Crippen LogP contribution < -0.4 is 10.6 Å². The summed E-state index contributed by atoms with van der Waals surface area (Å²) in [4.78, 5) is 36.2. The lowest BCUT2D eigenvalue weighted by Crippen LogP contribution is -2.41. The van der Waals surface area contributed by atoms with Crippen molar-refractivity contribution < 1.29 is 14.4 Å². The number of aryl methyl sites for hydroxylation is 1. The Balaban J connectivity index is 1.74. The standard InChI is InChI=1S/C19H21Cl2N5O3/c1-19(2,17-25-23-9-26(17)3)18(29)22-8-10-6-12(20)15(13(21)7-10)11-4-5-14(27)24-16(11)28/h6-7,9,11H,4-5,8H2,1-3H3,(H,22,29)(H,24,27,28). The molecule has 1 aromatic carbocycles. The highest BCUT2D eigenvalue weighted by Crippen LogP contribution is 2.37. The van der Waals surface area contributed by atoms with Crippen molar-refractivity contribution in [3.8, 4) is 0 Å². The first-order valence-corrected chi connectivity index (χ1v) is 9.81. The molecular formula is C19H21Cl2N5O3. The van der Waals surface area contributed by atoms with Gasteiger partial charge >= 0.3 is 0 Å². The third-order valence-corrected chi connectivity index (χ3v) is 5.64. The van der Waals surface area contributed by atoms with Gasteiger partial charge in [-0.2, -0.15) is 0 Å². The molecule has 8 nitrogen and oxygen atoms in total. The van der Waals surface area contributed by atoms with Gasteiger partial charge in [-0.05, 0) is 38.0 Å². The highest BCUT2D eigenvalue weighted by atomic mass is 35.5. The number of imide groups is 1. The zero-order valence-corrected chi connectivity index (χ0v) is 17.8. The molecule has 0 bridgehead atoms. The lowest BCUT2D eigenvalue weighted by atomic mass is 9.89. The van der Waals surface area contributed by atoms with Gasteiger partial charge < -0.3 is 9.88 Å². The molecule has 2 heterocycles. The van der Waals surface area contributed by atoms with Crippen LogP contribution in [0.25, 0.3) is 0 Å². The number of rotatable bonds is 5. The highest BCUT2D eigenvalue weighted by molar-refractivity contribution is 6.36. The van der Waals surface area contributed by atoms with E-state index in [1.807, 2.05) is 0 Å². The third-order valence-electron chi connectivity index (χ3n) is 5.02.